The largest absolute Gasteiger partial charge is 0.444 e. The van der Waals surface area contributed by atoms with Crippen molar-refractivity contribution in [2.45, 2.75) is 12.0 Å². The Morgan fingerprint density at radius 1 is 1.83 bits per heavy atom. The minimum atomic E-state index is -0.756. The third-order valence-corrected chi connectivity index (χ3v) is 2.52. The fraction of sp³-hybridized carbons (Fsp3) is 0.625. The van der Waals surface area contributed by atoms with E-state index < -0.39 is 13.7 Å². The van der Waals surface area contributed by atoms with Crippen LogP contribution >= 0.6 is 8.15 Å². The molecule has 1 aliphatic carbocycles. The van der Waals surface area contributed by atoms with Gasteiger partial charge in [-0.05, 0) is 19.8 Å². The van der Waals surface area contributed by atoms with E-state index in [4.69, 9.17) is 10.3 Å². The van der Waals surface area contributed by atoms with Gasteiger partial charge in [-0.3, -0.25) is 0 Å². The Morgan fingerprint density at radius 2 is 2.42 bits per heavy atom. The summed E-state index contributed by atoms with van der Waals surface area (Å²) in [5.74, 6) is -0.163. The topological polar surface area (TPSA) is 52.3 Å². The van der Waals surface area contributed by atoms with Gasteiger partial charge in [-0.15, -0.1) is 6.58 Å². The molecule has 1 rings (SSSR count). The summed E-state index contributed by atoms with van der Waals surface area (Å²) in [5.41, 5.74) is 5.00. The van der Waals surface area contributed by atoms with Crippen LogP contribution in [-0.4, -0.2) is 24.8 Å². The first-order valence-corrected chi connectivity index (χ1v) is 5.97. The Kier molecular flexibility index (Phi) is 2.55. The summed E-state index contributed by atoms with van der Waals surface area (Å²) in [6.07, 6.45) is 2.40. The predicted octanol–water partition coefficient (Wildman–Crippen LogP) is 1.09. The zero-order chi connectivity index (χ0) is 9.35. The monoisotopic (exact) mass is 187 g/mol. The summed E-state index contributed by atoms with van der Waals surface area (Å²) in [4.78, 5) is 11.3. The van der Waals surface area contributed by atoms with Gasteiger partial charge in [0, 0.05) is 5.92 Å². The molecule has 0 spiro atoms. The van der Waals surface area contributed by atoms with E-state index in [1.807, 2.05) is 13.3 Å². The molecule has 2 N–H and O–H groups in total. The van der Waals surface area contributed by atoms with Crippen LogP contribution < -0.4 is 5.73 Å². The molecule has 12 heavy (non-hydrogen) atoms. The summed E-state index contributed by atoms with van der Waals surface area (Å²) < 4.78 is 5.06. The van der Waals surface area contributed by atoms with E-state index in [0.717, 1.165) is 0 Å². The van der Waals surface area contributed by atoms with Gasteiger partial charge in [0.15, 0.2) is 0 Å². The maximum atomic E-state index is 11.3. The van der Waals surface area contributed by atoms with Gasteiger partial charge in [-0.1, -0.05) is 6.08 Å². The molecule has 0 radical (unpaired) electrons. The Hall–Kier alpha value is -0.400. The van der Waals surface area contributed by atoms with Crippen molar-refractivity contribution in [3.63, 3.8) is 0 Å². The first-order chi connectivity index (χ1) is 5.50. The molecule has 0 aromatic rings. The average Bonchev–Trinajstić information content (AvgIpc) is 2.62. The highest BCUT2D eigenvalue weighted by atomic mass is 31.1. The molecule has 0 heterocycles. The van der Waals surface area contributed by atoms with Crippen LogP contribution in [0.5, 0.6) is 0 Å². The molecular formula is C8H14NO2P. The van der Waals surface area contributed by atoms with Gasteiger partial charge in [-0.25, -0.2) is 4.79 Å². The highest BCUT2D eigenvalue weighted by Crippen LogP contribution is 2.45. The minimum Gasteiger partial charge on any atom is -0.444 e. The maximum Gasteiger partial charge on any atom is 0.329 e. The fourth-order valence-corrected chi connectivity index (χ4v) is 1.59. The van der Waals surface area contributed by atoms with Crippen LogP contribution in [0.3, 0.4) is 0 Å². The number of hydrogen-bond donors (Lipinski definition) is 1. The number of carbonyl (C=O) groups excluding carboxylic acids is 1. The molecule has 2 atom stereocenters. The molecule has 0 aliphatic heterocycles. The highest BCUT2D eigenvalue weighted by molar-refractivity contribution is 7.51. The molecule has 0 saturated heterocycles. The van der Waals surface area contributed by atoms with Crippen molar-refractivity contribution in [1.29, 1.82) is 0 Å². The van der Waals surface area contributed by atoms with E-state index in [0.29, 0.717) is 6.42 Å². The lowest BCUT2D eigenvalue weighted by atomic mass is 10.2. The lowest BCUT2D eigenvalue weighted by molar-refractivity contribution is -0.136. The van der Waals surface area contributed by atoms with Gasteiger partial charge in [0.25, 0.3) is 0 Å². The molecule has 1 saturated carbocycles. The standard InChI is InChI=1S/C8H14NO2P/c1-4-6-5-8(6,9)7(10)11-12(2)3/h4,6H,1,5,9H2,2-3H3. The van der Waals surface area contributed by atoms with Crippen molar-refractivity contribution < 1.29 is 9.32 Å². The predicted molar refractivity (Wildman–Crippen MR) is 50.1 cm³/mol. The third kappa shape index (κ3) is 1.67. The molecule has 1 aliphatic rings. The molecule has 0 aromatic heterocycles. The number of carbonyl (C=O) groups is 1. The maximum absolute atomic E-state index is 11.3. The van der Waals surface area contributed by atoms with E-state index in [1.165, 1.54) is 0 Å². The Morgan fingerprint density at radius 3 is 2.75 bits per heavy atom. The second kappa shape index (κ2) is 3.15. The SMILES string of the molecule is C=CC1CC1(N)C(=O)OP(C)C. The van der Waals surface area contributed by atoms with Crippen molar-refractivity contribution >= 4 is 14.1 Å². The second-order valence-electron chi connectivity index (χ2n) is 3.28. The first-order valence-electron chi connectivity index (χ1n) is 3.82. The Balaban J connectivity index is 2.49. The second-order valence-corrected chi connectivity index (χ2v) is 5.09. The van der Waals surface area contributed by atoms with Crippen LogP contribution in [0.1, 0.15) is 6.42 Å². The highest BCUT2D eigenvalue weighted by Gasteiger charge is 2.57. The van der Waals surface area contributed by atoms with Crippen molar-refractivity contribution in [3.8, 4) is 0 Å². The molecule has 3 nitrogen and oxygen atoms in total. The molecule has 0 aromatic carbocycles. The Labute approximate surface area is 73.8 Å². The van der Waals surface area contributed by atoms with Gasteiger partial charge in [-0.2, -0.15) is 0 Å². The lowest BCUT2D eigenvalue weighted by Gasteiger charge is -2.12. The molecular weight excluding hydrogens is 173 g/mol. The third-order valence-electron chi connectivity index (χ3n) is 1.99. The zero-order valence-electron chi connectivity index (χ0n) is 7.41. The van der Waals surface area contributed by atoms with E-state index in [1.54, 1.807) is 6.08 Å². The summed E-state index contributed by atoms with van der Waals surface area (Å²) in [5, 5.41) is 0. The molecule has 4 heteroatoms. The van der Waals surface area contributed by atoms with Crippen molar-refractivity contribution in [3.05, 3.63) is 12.7 Å². The molecule has 0 amide bonds. The van der Waals surface area contributed by atoms with Gasteiger partial charge >= 0.3 is 5.97 Å². The summed E-state index contributed by atoms with van der Waals surface area (Å²) in [6, 6.07) is 0. The fourth-order valence-electron chi connectivity index (χ4n) is 1.08. The van der Waals surface area contributed by atoms with Crippen molar-refractivity contribution in [2.24, 2.45) is 11.7 Å². The van der Waals surface area contributed by atoms with Crippen LogP contribution in [-0.2, 0) is 9.32 Å². The molecule has 1 fully saturated rings. The summed E-state index contributed by atoms with van der Waals surface area (Å²) in [7, 11) is -0.652. The van der Waals surface area contributed by atoms with E-state index >= 15 is 0 Å². The van der Waals surface area contributed by atoms with E-state index in [2.05, 4.69) is 6.58 Å². The van der Waals surface area contributed by atoms with Crippen molar-refractivity contribution in [1.82, 2.24) is 0 Å². The first kappa shape index (κ1) is 9.69. The van der Waals surface area contributed by atoms with Crippen LogP contribution in [0.15, 0.2) is 12.7 Å². The quantitative estimate of drug-likeness (QED) is 0.531. The lowest BCUT2D eigenvalue weighted by Crippen LogP contribution is -2.35. The number of nitrogens with two attached hydrogens (primary N) is 1. The smallest absolute Gasteiger partial charge is 0.329 e. The van der Waals surface area contributed by atoms with Gasteiger partial charge in [0.05, 0.1) is 8.15 Å². The van der Waals surface area contributed by atoms with E-state index in [-0.39, 0.29) is 11.9 Å². The zero-order valence-corrected chi connectivity index (χ0v) is 8.30. The summed E-state index contributed by atoms with van der Waals surface area (Å²) >= 11 is 0. The molecule has 68 valence electrons. The Bertz CT molecular complexity index is 217. The number of rotatable bonds is 3. The minimum absolute atomic E-state index is 0.111. The summed E-state index contributed by atoms with van der Waals surface area (Å²) in [6.45, 7) is 7.35. The van der Waals surface area contributed by atoms with Crippen LogP contribution in [0.25, 0.3) is 0 Å². The molecule has 0 bridgehead atoms. The van der Waals surface area contributed by atoms with Gasteiger partial charge in [0.2, 0.25) is 0 Å². The molecule has 2 unspecified atom stereocenters. The van der Waals surface area contributed by atoms with Crippen molar-refractivity contribution in [2.75, 3.05) is 13.3 Å². The normalized spacial score (nSPS) is 33.2. The van der Waals surface area contributed by atoms with Crippen LogP contribution in [0, 0.1) is 5.92 Å². The van der Waals surface area contributed by atoms with E-state index in [9.17, 15) is 4.79 Å². The van der Waals surface area contributed by atoms with Gasteiger partial charge in [0.1, 0.15) is 5.54 Å². The number of hydrogen-bond acceptors (Lipinski definition) is 3. The van der Waals surface area contributed by atoms with Crippen LogP contribution in [0.4, 0.5) is 0 Å². The average molecular weight is 187 g/mol. The van der Waals surface area contributed by atoms with Crippen LogP contribution in [0.2, 0.25) is 0 Å². The van der Waals surface area contributed by atoms with Gasteiger partial charge < -0.3 is 10.3 Å².